The van der Waals surface area contributed by atoms with Crippen LogP contribution < -0.4 is 5.32 Å². The van der Waals surface area contributed by atoms with Gasteiger partial charge in [0, 0.05) is 0 Å². The molecule has 0 spiro atoms. The molecule has 0 radical (unpaired) electrons. The topological polar surface area (TPSA) is 95.9 Å². The molecule has 1 saturated heterocycles. The summed E-state index contributed by atoms with van der Waals surface area (Å²) in [7, 11) is 0. The first kappa shape index (κ1) is 16.4. The normalized spacial score (nSPS) is 18.3. The van der Waals surface area contributed by atoms with Crippen LogP contribution in [0.1, 0.15) is 33.1 Å². The maximum Gasteiger partial charge on any atom is 0.413 e. The minimum absolute atomic E-state index is 0.0816. The number of carboxylic acid groups (broad SMARTS) is 1. The van der Waals surface area contributed by atoms with E-state index in [-0.39, 0.29) is 13.2 Å². The largest absolute Gasteiger partial charge is 0.481 e. The van der Waals surface area contributed by atoms with E-state index in [9.17, 15) is 19.5 Å². The van der Waals surface area contributed by atoms with Crippen LogP contribution in [-0.4, -0.2) is 54.2 Å². The van der Waals surface area contributed by atoms with Crippen LogP contribution in [0.25, 0.3) is 0 Å². The minimum atomic E-state index is -0.768. The maximum atomic E-state index is 11.6. The van der Waals surface area contributed by atoms with Gasteiger partial charge in [-0.15, -0.1) is 0 Å². The molecule has 0 aromatic carbocycles. The first-order chi connectivity index (χ1) is 9.43. The predicted octanol–water partition coefficient (Wildman–Crippen LogP) is 0.836. The van der Waals surface area contributed by atoms with Gasteiger partial charge in [0.05, 0.1) is 18.6 Å². The van der Waals surface area contributed by atoms with E-state index in [1.807, 2.05) is 11.8 Å². The van der Waals surface area contributed by atoms with Crippen molar-refractivity contribution in [2.24, 2.45) is 5.41 Å². The molecule has 1 heterocycles. The minimum Gasteiger partial charge on any atom is -0.481 e. The van der Waals surface area contributed by atoms with Crippen LogP contribution >= 0.6 is 0 Å². The van der Waals surface area contributed by atoms with Crippen LogP contribution in [0.3, 0.4) is 0 Å². The van der Waals surface area contributed by atoms with Gasteiger partial charge in [-0.25, -0.2) is 4.79 Å². The molecule has 2 N–H and O–H groups in total. The van der Waals surface area contributed by atoms with Crippen molar-refractivity contribution in [3.8, 4) is 0 Å². The molecular formula is C13H22N2O5. The highest BCUT2D eigenvalue weighted by atomic mass is 16.5. The fraction of sp³-hybridized carbons (Fsp3) is 0.769. The number of likely N-dealkylation sites (tertiary alicyclic amines) is 1. The Hall–Kier alpha value is -1.63. The molecule has 7 heteroatoms. The molecule has 0 atom stereocenters. The molecule has 114 valence electrons. The SMILES string of the molecule is CCOC(=O)NC(=O)CN1CCC(CC)(C(=O)O)CC1. The molecule has 1 fully saturated rings. The van der Waals surface area contributed by atoms with Crippen molar-refractivity contribution < 1.29 is 24.2 Å². The Balaban J connectivity index is 2.41. The van der Waals surface area contributed by atoms with Gasteiger partial charge in [-0.3, -0.25) is 19.8 Å². The fourth-order valence-electron chi connectivity index (χ4n) is 2.38. The number of alkyl carbamates (subject to hydrolysis) is 1. The number of carboxylic acids is 1. The molecule has 20 heavy (non-hydrogen) atoms. The molecule has 2 amide bonds. The summed E-state index contributed by atoms with van der Waals surface area (Å²) in [4.78, 5) is 35.8. The zero-order chi connectivity index (χ0) is 15.2. The highest BCUT2D eigenvalue weighted by molar-refractivity contribution is 5.92. The molecule has 0 aromatic heterocycles. The first-order valence-electron chi connectivity index (χ1n) is 6.86. The number of carbonyl (C=O) groups excluding carboxylic acids is 2. The number of rotatable bonds is 5. The number of nitrogens with one attached hydrogen (secondary N) is 1. The summed E-state index contributed by atoms with van der Waals surface area (Å²) in [5.41, 5.74) is -0.673. The zero-order valence-corrected chi connectivity index (χ0v) is 12.0. The van der Waals surface area contributed by atoms with Crippen LogP contribution in [0.2, 0.25) is 0 Å². The van der Waals surface area contributed by atoms with E-state index >= 15 is 0 Å². The van der Waals surface area contributed by atoms with Gasteiger partial charge >= 0.3 is 12.1 Å². The van der Waals surface area contributed by atoms with Crippen LogP contribution in [0.4, 0.5) is 4.79 Å². The third-order valence-corrected chi connectivity index (χ3v) is 3.83. The highest BCUT2D eigenvalue weighted by Gasteiger charge is 2.40. The Morgan fingerprint density at radius 1 is 1.25 bits per heavy atom. The molecule has 0 unspecified atom stereocenters. The van der Waals surface area contributed by atoms with Gasteiger partial charge in [0.25, 0.3) is 0 Å². The lowest BCUT2D eigenvalue weighted by Gasteiger charge is -2.37. The molecular weight excluding hydrogens is 264 g/mol. The number of nitrogens with zero attached hydrogens (tertiary/aromatic N) is 1. The van der Waals surface area contributed by atoms with Crippen LogP contribution in [-0.2, 0) is 14.3 Å². The van der Waals surface area contributed by atoms with E-state index < -0.39 is 23.4 Å². The number of hydrogen-bond donors (Lipinski definition) is 2. The van der Waals surface area contributed by atoms with Gasteiger partial charge < -0.3 is 9.84 Å². The highest BCUT2D eigenvalue weighted by Crippen LogP contribution is 2.34. The lowest BCUT2D eigenvalue weighted by atomic mass is 9.76. The second-order valence-electron chi connectivity index (χ2n) is 4.98. The van der Waals surface area contributed by atoms with Gasteiger partial charge in [-0.05, 0) is 39.3 Å². The second-order valence-corrected chi connectivity index (χ2v) is 4.98. The first-order valence-corrected chi connectivity index (χ1v) is 6.86. The summed E-state index contributed by atoms with van der Waals surface area (Å²) < 4.78 is 4.62. The maximum absolute atomic E-state index is 11.6. The van der Waals surface area contributed by atoms with E-state index in [0.29, 0.717) is 32.4 Å². The molecule has 1 aliphatic heterocycles. The second kappa shape index (κ2) is 7.23. The average Bonchev–Trinajstić information content (AvgIpc) is 2.39. The standard InChI is InChI=1S/C13H22N2O5/c1-3-13(11(17)18)5-7-15(8-6-13)9-10(16)14-12(19)20-4-2/h3-9H2,1-2H3,(H,17,18)(H,14,16,19). The van der Waals surface area contributed by atoms with Crippen LogP contribution in [0.5, 0.6) is 0 Å². The molecule has 1 aliphatic rings. The third-order valence-electron chi connectivity index (χ3n) is 3.83. The van der Waals surface area contributed by atoms with Crippen LogP contribution in [0, 0.1) is 5.41 Å². The summed E-state index contributed by atoms with van der Waals surface area (Å²) >= 11 is 0. The van der Waals surface area contributed by atoms with Crippen molar-refractivity contribution in [1.29, 1.82) is 0 Å². The number of imide groups is 1. The number of carbonyl (C=O) groups is 3. The smallest absolute Gasteiger partial charge is 0.413 e. The summed E-state index contributed by atoms with van der Waals surface area (Å²) in [5, 5.41) is 11.4. The van der Waals surface area contributed by atoms with Crippen molar-refractivity contribution in [2.75, 3.05) is 26.2 Å². The Kier molecular flexibility index (Phi) is 5.94. The van der Waals surface area contributed by atoms with E-state index in [4.69, 9.17) is 0 Å². The number of hydrogen-bond acceptors (Lipinski definition) is 5. The van der Waals surface area contributed by atoms with Gasteiger partial charge in [0.1, 0.15) is 0 Å². The van der Waals surface area contributed by atoms with E-state index in [1.54, 1.807) is 6.92 Å². The summed E-state index contributed by atoms with van der Waals surface area (Å²) in [6, 6.07) is 0. The van der Waals surface area contributed by atoms with Crippen molar-refractivity contribution in [3.63, 3.8) is 0 Å². The molecule has 7 nitrogen and oxygen atoms in total. The van der Waals surface area contributed by atoms with Crippen molar-refractivity contribution in [1.82, 2.24) is 10.2 Å². The molecule has 0 saturated carbocycles. The van der Waals surface area contributed by atoms with Gasteiger partial charge in [-0.2, -0.15) is 0 Å². The van der Waals surface area contributed by atoms with Crippen molar-refractivity contribution >= 4 is 18.0 Å². The van der Waals surface area contributed by atoms with Gasteiger partial charge in [-0.1, -0.05) is 6.92 Å². The Bertz CT molecular complexity index is 375. The summed E-state index contributed by atoms with van der Waals surface area (Å²) in [6.07, 6.45) is 0.880. The quantitative estimate of drug-likeness (QED) is 0.777. The van der Waals surface area contributed by atoms with Crippen molar-refractivity contribution in [2.45, 2.75) is 33.1 Å². The summed E-state index contributed by atoms with van der Waals surface area (Å²) in [5.74, 6) is -1.20. The Labute approximate surface area is 118 Å². The molecule has 0 aromatic rings. The number of amides is 2. The fourth-order valence-corrected chi connectivity index (χ4v) is 2.38. The molecule has 0 bridgehead atoms. The lowest BCUT2D eigenvalue weighted by molar-refractivity contribution is -0.152. The third kappa shape index (κ3) is 4.19. The van der Waals surface area contributed by atoms with Gasteiger partial charge in [0.15, 0.2) is 0 Å². The van der Waals surface area contributed by atoms with E-state index in [2.05, 4.69) is 10.1 Å². The van der Waals surface area contributed by atoms with Crippen molar-refractivity contribution in [3.05, 3.63) is 0 Å². The van der Waals surface area contributed by atoms with E-state index in [1.165, 1.54) is 0 Å². The number of piperidine rings is 1. The molecule has 0 aliphatic carbocycles. The van der Waals surface area contributed by atoms with E-state index in [0.717, 1.165) is 0 Å². The predicted molar refractivity (Wildman–Crippen MR) is 71.2 cm³/mol. The van der Waals surface area contributed by atoms with Crippen LogP contribution in [0.15, 0.2) is 0 Å². The summed E-state index contributed by atoms with van der Waals surface area (Å²) in [6.45, 7) is 4.90. The zero-order valence-electron chi connectivity index (χ0n) is 12.0. The number of ether oxygens (including phenoxy) is 1. The Morgan fingerprint density at radius 2 is 1.85 bits per heavy atom. The lowest BCUT2D eigenvalue weighted by Crippen LogP contribution is -2.48. The van der Waals surface area contributed by atoms with Gasteiger partial charge in [0.2, 0.25) is 5.91 Å². The Morgan fingerprint density at radius 3 is 2.30 bits per heavy atom. The monoisotopic (exact) mass is 286 g/mol. The molecule has 1 rings (SSSR count). The average molecular weight is 286 g/mol. The number of aliphatic carboxylic acids is 1.